The number of fused-ring (bicyclic) bond motifs is 3. The van der Waals surface area contributed by atoms with Crippen LogP contribution in [0.4, 0.5) is 0 Å². The lowest BCUT2D eigenvalue weighted by atomic mass is 9.96. The Bertz CT molecular complexity index is 883. The van der Waals surface area contributed by atoms with Crippen LogP contribution >= 0.6 is 0 Å². The quantitative estimate of drug-likeness (QED) is 0.775. The standard InChI is InChI=1S/C20H22N2O2/c1-23-18-7-6-13(12-19(18)24-2)14-4-3-5-17-20(14)15-8-10-21-11-9-16(15)22-17/h3-7,12,21-22H,8-11H2,1-2H3. The SMILES string of the molecule is COc1ccc(-c2cccc3[nH]c4c(c23)CCNCC4)cc1OC. The van der Waals surface area contributed by atoms with Crippen LogP contribution in [0.3, 0.4) is 0 Å². The molecule has 0 saturated carbocycles. The van der Waals surface area contributed by atoms with E-state index in [1.807, 2.05) is 6.07 Å². The van der Waals surface area contributed by atoms with E-state index in [-0.39, 0.29) is 0 Å². The van der Waals surface area contributed by atoms with Crippen LogP contribution < -0.4 is 14.8 Å². The van der Waals surface area contributed by atoms with Crippen molar-refractivity contribution in [1.29, 1.82) is 0 Å². The lowest BCUT2D eigenvalue weighted by Crippen LogP contribution is -2.16. The number of H-pyrrole nitrogens is 1. The van der Waals surface area contributed by atoms with E-state index in [4.69, 9.17) is 9.47 Å². The van der Waals surface area contributed by atoms with Crippen LogP contribution in [0.2, 0.25) is 0 Å². The van der Waals surface area contributed by atoms with Crippen LogP contribution in [-0.4, -0.2) is 32.3 Å². The van der Waals surface area contributed by atoms with E-state index in [0.717, 1.165) is 43.0 Å². The second kappa shape index (κ2) is 6.21. The van der Waals surface area contributed by atoms with Gasteiger partial charge in [-0.05, 0) is 47.9 Å². The summed E-state index contributed by atoms with van der Waals surface area (Å²) >= 11 is 0. The van der Waals surface area contributed by atoms with Crippen LogP contribution in [0.5, 0.6) is 11.5 Å². The third-order valence-electron chi connectivity index (χ3n) is 4.81. The third kappa shape index (κ3) is 2.43. The molecule has 0 radical (unpaired) electrons. The van der Waals surface area contributed by atoms with Crippen molar-refractivity contribution in [3.63, 3.8) is 0 Å². The predicted octanol–water partition coefficient (Wildman–Crippen LogP) is 3.54. The van der Waals surface area contributed by atoms with Gasteiger partial charge in [0.2, 0.25) is 0 Å². The Balaban J connectivity index is 1.92. The molecule has 2 heterocycles. The average Bonchev–Trinajstić information content (AvgIpc) is 2.82. The van der Waals surface area contributed by atoms with Crippen molar-refractivity contribution in [2.45, 2.75) is 12.8 Å². The first-order chi connectivity index (χ1) is 11.8. The molecular weight excluding hydrogens is 300 g/mol. The summed E-state index contributed by atoms with van der Waals surface area (Å²) in [6.07, 6.45) is 2.11. The normalized spacial score (nSPS) is 14.2. The zero-order chi connectivity index (χ0) is 16.5. The van der Waals surface area contributed by atoms with Gasteiger partial charge in [-0.25, -0.2) is 0 Å². The van der Waals surface area contributed by atoms with E-state index < -0.39 is 0 Å². The summed E-state index contributed by atoms with van der Waals surface area (Å²) in [5.74, 6) is 1.51. The lowest BCUT2D eigenvalue weighted by Gasteiger charge is -2.11. The molecule has 0 amide bonds. The smallest absolute Gasteiger partial charge is 0.161 e. The maximum atomic E-state index is 5.48. The molecule has 2 N–H and O–H groups in total. The summed E-state index contributed by atoms with van der Waals surface area (Å²) in [6.45, 7) is 2.06. The molecule has 24 heavy (non-hydrogen) atoms. The Labute approximate surface area is 141 Å². The van der Waals surface area contributed by atoms with Gasteiger partial charge in [-0.2, -0.15) is 0 Å². The fourth-order valence-electron chi connectivity index (χ4n) is 3.66. The summed E-state index contributed by atoms with van der Waals surface area (Å²) in [5, 5.41) is 4.82. The van der Waals surface area contributed by atoms with E-state index in [0.29, 0.717) is 0 Å². The predicted molar refractivity (Wildman–Crippen MR) is 97.1 cm³/mol. The van der Waals surface area contributed by atoms with Crippen LogP contribution in [0.1, 0.15) is 11.3 Å². The Kier molecular flexibility index (Phi) is 3.90. The van der Waals surface area contributed by atoms with Crippen molar-refractivity contribution in [1.82, 2.24) is 10.3 Å². The monoisotopic (exact) mass is 322 g/mol. The van der Waals surface area contributed by atoms with Gasteiger partial charge in [0.25, 0.3) is 0 Å². The number of hydrogen-bond acceptors (Lipinski definition) is 3. The molecule has 4 rings (SSSR count). The third-order valence-corrected chi connectivity index (χ3v) is 4.81. The average molecular weight is 322 g/mol. The molecule has 1 aliphatic rings. The highest BCUT2D eigenvalue weighted by Crippen LogP contribution is 2.37. The number of benzene rings is 2. The van der Waals surface area contributed by atoms with Gasteiger partial charge in [-0.3, -0.25) is 0 Å². The highest BCUT2D eigenvalue weighted by atomic mass is 16.5. The van der Waals surface area contributed by atoms with Crippen molar-refractivity contribution in [2.24, 2.45) is 0 Å². The number of rotatable bonds is 3. The van der Waals surface area contributed by atoms with Gasteiger partial charge in [-0.1, -0.05) is 18.2 Å². The second-order valence-corrected chi connectivity index (χ2v) is 6.13. The number of aromatic amines is 1. The van der Waals surface area contributed by atoms with E-state index >= 15 is 0 Å². The molecule has 0 aliphatic carbocycles. The summed E-state index contributed by atoms with van der Waals surface area (Å²) < 4.78 is 10.8. The molecule has 124 valence electrons. The van der Waals surface area contributed by atoms with E-state index in [1.165, 1.54) is 27.7 Å². The topological polar surface area (TPSA) is 46.3 Å². The minimum atomic E-state index is 0.755. The van der Waals surface area contributed by atoms with Gasteiger partial charge < -0.3 is 19.8 Å². The molecule has 1 aromatic heterocycles. The minimum Gasteiger partial charge on any atom is -0.493 e. The first kappa shape index (κ1) is 15.1. The van der Waals surface area contributed by atoms with E-state index in [9.17, 15) is 0 Å². The molecule has 3 aromatic rings. The number of hydrogen-bond donors (Lipinski definition) is 2. The molecule has 1 aliphatic heterocycles. The molecule has 4 nitrogen and oxygen atoms in total. The molecule has 0 atom stereocenters. The van der Waals surface area contributed by atoms with Crippen molar-refractivity contribution in [3.05, 3.63) is 47.7 Å². The van der Waals surface area contributed by atoms with E-state index in [2.05, 4.69) is 40.6 Å². The van der Waals surface area contributed by atoms with Crippen molar-refractivity contribution in [2.75, 3.05) is 27.3 Å². The molecule has 2 aromatic carbocycles. The Morgan fingerprint density at radius 3 is 2.58 bits per heavy atom. The van der Waals surface area contributed by atoms with Crippen molar-refractivity contribution >= 4 is 10.9 Å². The fourth-order valence-corrected chi connectivity index (χ4v) is 3.66. The molecule has 0 unspecified atom stereocenters. The maximum absolute atomic E-state index is 5.48. The Hall–Kier alpha value is -2.46. The van der Waals surface area contributed by atoms with Crippen LogP contribution in [0.25, 0.3) is 22.0 Å². The van der Waals surface area contributed by atoms with Crippen LogP contribution in [-0.2, 0) is 12.8 Å². The Morgan fingerprint density at radius 2 is 1.75 bits per heavy atom. The number of nitrogens with one attached hydrogen (secondary N) is 2. The summed E-state index contributed by atoms with van der Waals surface area (Å²) in [4.78, 5) is 3.62. The first-order valence-corrected chi connectivity index (χ1v) is 8.37. The lowest BCUT2D eigenvalue weighted by molar-refractivity contribution is 0.355. The summed E-state index contributed by atoms with van der Waals surface area (Å²) in [7, 11) is 3.34. The summed E-state index contributed by atoms with van der Waals surface area (Å²) in [5.41, 5.74) is 6.42. The van der Waals surface area contributed by atoms with Gasteiger partial charge in [0, 0.05) is 29.6 Å². The van der Waals surface area contributed by atoms with Gasteiger partial charge >= 0.3 is 0 Å². The zero-order valence-corrected chi connectivity index (χ0v) is 14.1. The van der Waals surface area contributed by atoms with Crippen molar-refractivity contribution < 1.29 is 9.47 Å². The van der Waals surface area contributed by atoms with Gasteiger partial charge in [0.05, 0.1) is 14.2 Å². The molecule has 0 fully saturated rings. The molecule has 0 spiro atoms. The second-order valence-electron chi connectivity index (χ2n) is 6.13. The maximum Gasteiger partial charge on any atom is 0.161 e. The molecule has 0 bridgehead atoms. The van der Waals surface area contributed by atoms with E-state index in [1.54, 1.807) is 14.2 Å². The van der Waals surface area contributed by atoms with Crippen molar-refractivity contribution in [3.8, 4) is 22.6 Å². The zero-order valence-electron chi connectivity index (χ0n) is 14.1. The minimum absolute atomic E-state index is 0.755. The number of ether oxygens (including phenoxy) is 2. The van der Waals surface area contributed by atoms with Gasteiger partial charge in [0.15, 0.2) is 11.5 Å². The van der Waals surface area contributed by atoms with Gasteiger partial charge in [0.1, 0.15) is 0 Å². The summed E-state index contributed by atoms with van der Waals surface area (Å²) in [6, 6.07) is 12.6. The number of aromatic nitrogens is 1. The first-order valence-electron chi connectivity index (χ1n) is 8.37. The van der Waals surface area contributed by atoms with Gasteiger partial charge in [-0.15, -0.1) is 0 Å². The molecule has 0 saturated heterocycles. The fraction of sp³-hybridized carbons (Fsp3) is 0.300. The number of methoxy groups -OCH3 is 2. The van der Waals surface area contributed by atoms with Crippen LogP contribution in [0, 0.1) is 0 Å². The molecule has 4 heteroatoms. The highest BCUT2D eigenvalue weighted by Gasteiger charge is 2.17. The Morgan fingerprint density at radius 1 is 0.917 bits per heavy atom. The van der Waals surface area contributed by atoms with Crippen LogP contribution in [0.15, 0.2) is 36.4 Å². The highest BCUT2D eigenvalue weighted by molar-refractivity contribution is 5.99. The largest absolute Gasteiger partial charge is 0.493 e. The molecular formula is C20H22N2O2.